The Morgan fingerprint density at radius 1 is 1.59 bits per heavy atom. The molecule has 0 bridgehead atoms. The number of thioether (sulfide) groups is 1. The molecule has 2 rings (SSSR count). The highest BCUT2D eigenvalue weighted by Gasteiger charge is 2.19. The smallest absolute Gasteiger partial charge is 0.157 e. The lowest BCUT2D eigenvalue weighted by atomic mass is 10.1. The zero-order chi connectivity index (χ0) is 12.3. The largest absolute Gasteiger partial charge is 0.358 e. The van der Waals surface area contributed by atoms with Gasteiger partial charge in [-0.3, -0.25) is 4.99 Å². The Morgan fingerprint density at radius 2 is 2.41 bits per heavy atom. The maximum absolute atomic E-state index is 5.99. The van der Waals surface area contributed by atoms with Crippen LogP contribution in [0.4, 0.5) is 0 Å². The molecule has 0 saturated heterocycles. The van der Waals surface area contributed by atoms with Crippen LogP contribution < -0.4 is 5.32 Å². The van der Waals surface area contributed by atoms with Gasteiger partial charge >= 0.3 is 0 Å². The molecule has 0 fully saturated rings. The molecule has 1 aromatic carbocycles. The van der Waals surface area contributed by atoms with Gasteiger partial charge in [0, 0.05) is 10.3 Å². The fourth-order valence-corrected chi connectivity index (χ4v) is 2.98. The average molecular weight is 269 g/mol. The Morgan fingerprint density at radius 3 is 3.06 bits per heavy atom. The predicted molar refractivity (Wildman–Crippen MR) is 77.0 cm³/mol. The van der Waals surface area contributed by atoms with Crippen LogP contribution >= 0.6 is 23.4 Å². The maximum Gasteiger partial charge on any atom is 0.157 e. The lowest BCUT2D eigenvalue weighted by molar-refractivity contribution is 0.722. The summed E-state index contributed by atoms with van der Waals surface area (Å²) in [6, 6.07) is 8.20. The summed E-state index contributed by atoms with van der Waals surface area (Å²) in [5.74, 6) is 0. The van der Waals surface area contributed by atoms with Crippen LogP contribution in [0.15, 0.2) is 29.3 Å². The summed E-state index contributed by atoms with van der Waals surface area (Å²) in [4.78, 5) is 4.51. The topological polar surface area (TPSA) is 24.4 Å². The van der Waals surface area contributed by atoms with Crippen LogP contribution in [0.25, 0.3) is 0 Å². The van der Waals surface area contributed by atoms with E-state index in [0.29, 0.717) is 5.25 Å². The SMILES string of the molecule is CCC1CN=C(NC(C)c2cccc(Cl)c2)S1. The van der Waals surface area contributed by atoms with Crippen LogP contribution in [-0.2, 0) is 0 Å². The molecule has 0 radical (unpaired) electrons. The number of rotatable bonds is 3. The van der Waals surface area contributed by atoms with Gasteiger partial charge in [-0.25, -0.2) is 0 Å². The van der Waals surface area contributed by atoms with E-state index in [1.54, 1.807) is 0 Å². The normalized spacial score (nSPS) is 21.1. The van der Waals surface area contributed by atoms with E-state index in [9.17, 15) is 0 Å². The molecule has 0 aliphatic carbocycles. The number of nitrogens with zero attached hydrogens (tertiary/aromatic N) is 1. The number of hydrogen-bond donors (Lipinski definition) is 1. The molecule has 0 amide bonds. The standard InChI is InChI=1S/C13H17ClN2S/c1-3-12-8-15-13(17-12)16-9(2)10-5-4-6-11(14)7-10/h4-7,9,12H,3,8H2,1-2H3,(H,15,16). The van der Waals surface area contributed by atoms with E-state index in [1.165, 1.54) is 12.0 Å². The fraction of sp³-hybridized carbons (Fsp3) is 0.462. The van der Waals surface area contributed by atoms with E-state index >= 15 is 0 Å². The summed E-state index contributed by atoms with van der Waals surface area (Å²) >= 11 is 7.83. The van der Waals surface area contributed by atoms with Crippen molar-refractivity contribution in [2.45, 2.75) is 31.6 Å². The Kier molecular flexibility index (Phi) is 4.35. The molecule has 92 valence electrons. The highest BCUT2D eigenvalue weighted by Crippen LogP contribution is 2.25. The van der Waals surface area contributed by atoms with Crippen molar-refractivity contribution in [2.24, 2.45) is 4.99 Å². The molecule has 1 aromatic rings. The lowest BCUT2D eigenvalue weighted by Gasteiger charge is -2.15. The van der Waals surface area contributed by atoms with Crippen LogP contribution in [0, 0.1) is 0 Å². The minimum Gasteiger partial charge on any atom is -0.358 e. The van der Waals surface area contributed by atoms with Crippen molar-refractivity contribution >= 4 is 28.5 Å². The van der Waals surface area contributed by atoms with Crippen LogP contribution in [-0.4, -0.2) is 17.0 Å². The van der Waals surface area contributed by atoms with Crippen molar-refractivity contribution in [1.29, 1.82) is 0 Å². The Labute approximate surface area is 112 Å². The molecule has 17 heavy (non-hydrogen) atoms. The zero-order valence-electron chi connectivity index (χ0n) is 10.1. The molecule has 2 atom stereocenters. The van der Waals surface area contributed by atoms with E-state index in [1.807, 2.05) is 30.0 Å². The van der Waals surface area contributed by atoms with E-state index in [-0.39, 0.29) is 6.04 Å². The van der Waals surface area contributed by atoms with Crippen molar-refractivity contribution in [2.75, 3.05) is 6.54 Å². The van der Waals surface area contributed by atoms with E-state index in [0.717, 1.165) is 16.7 Å². The lowest BCUT2D eigenvalue weighted by Crippen LogP contribution is -2.23. The van der Waals surface area contributed by atoms with Gasteiger partial charge in [0.05, 0.1) is 12.6 Å². The van der Waals surface area contributed by atoms with Crippen molar-refractivity contribution in [3.63, 3.8) is 0 Å². The van der Waals surface area contributed by atoms with Gasteiger partial charge < -0.3 is 5.32 Å². The molecule has 4 heteroatoms. The minimum absolute atomic E-state index is 0.246. The predicted octanol–water partition coefficient (Wildman–Crippen LogP) is 3.87. The molecular formula is C13H17ClN2S. The second kappa shape index (κ2) is 5.78. The quantitative estimate of drug-likeness (QED) is 0.900. The van der Waals surface area contributed by atoms with Crippen molar-refractivity contribution in [3.05, 3.63) is 34.9 Å². The highest BCUT2D eigenvalue weighted by atomic mass is 35.5. The minimum atomic E-state index is 0.246. The number of halogens is 1. The number of benzene rings is 1. The number of hydrogen-bond acceptors (Lipinski definition) is 3. The summed E-state index contributed by atoms with van der Waals surface area (Å²) in [6.45, 7) is 5.27. The zero-order valence-corrected chi connectivity index (χ0v) is 11.7. The van der Waals surface area contributed by atoms with Gasteiger partial charge in [-0.15, -0.1) is 0 Å². The summed E-state index contributed by atoms with van der Waals surface area (Å²) in [7, 11) is 0. The monoisotopic (exact) mass is 268 g/mol. The summed E-state index contributed by atoms with van der Waals surface area (Å²) < 4.78 is 0. The first-order valence-electron chi connectivity index (χ1n) is 5.92. The molecule has 0 saturated carbocycles. The van der Waals surface area contributed by atoms with E-state index < -0.39 is 0 Å². The Balaban J connectivity index is 1.96. The maximum atomic E-state index is 5.99. The summed E-state index contributed by atoms with van der Waals surface area (Å²) in [5.41, 5.74) is 1.20. The molecular weight excluding hydrogens is 252 g/mol. The van der Waals surface area contributed by atoms with E-state index in [4.69, 9.17) is 11.6 Å². The highest BCUT2D eigenvalue weighted by molar-refractivity contribution is 8.14. The first-order valence-corrected chi connectivity index (χ1v) is 7.18. The van der Waals surface area contributed by atoms with Crippen LogP contribution in [0.2, 0.25) is 5.02 Å². The summed E-state index contributed by atoms with van der Waals surface area (Å²) in [5, 5.41) is 5.92. The third kappa shape index (κ3) is 3.39. The fourth-order valence-electron chi connectivity index (χ4n) is 1.75. The van der Waals surface area contributed by atoms with E-state index in [2.05, 4.69) is 30.2 Å². The third-order valence-corrected chi connectivity index (χ3v) is 4.38. The molecule has 0 aromatic heterocycles. The van der Waals surface area contributed by atoms with Gasteiger partial charge in [-0.1, -0.05) is 42.4 Å². The molecule has 0 spiro atoms. The molecule has 1 N–H and O–H groups in total. The Hall–Kier alpha value is -0.670. The van der Waals surface area contributed by atoms with Crippen molar-refractivity contribution in [1.82, 2.24) is 5.32 Å². The second-order valence-corrected chi connectivity index (χ2v) is 5.94. The first-order chi connectivity index (χ1) is 8.19. The van der Waals surface area contributed by atoms with Gasteiger partial charge in [0.15, 0.2) is 5.17 Å². The third-order valence-electron chi connectivity index (χ3n) is 2.86. The van der Waals surface area contributed by atoms with Crippen LogP contribution in [0.5, 0.6) is 0 Å². The number of nitrogens with one attached hydrogen (secondary N) is 1. The molecule has 1 heterocycles. The molecule has 1 aliphatic rings. The molecule has 2 nitrogen and oxygen atoms in total. The number of aliphatic imine (C=N–C) groups is 1. The van der Waals surface area contributed by atoms with Crippen LogP contribution in [0.3, 0.4) is 0 Å². The van der Waals surface area contributed by atoms with Crippen molar-refractivity contribution < 1.29 is 0 Å². The Bertz CT molecular complexity index is 420. The summed E-state index contributed by atoms with van der Waals surface area (Å²) in [6.07, 6.45) is 1.17. The number of amidine groups is 1. The second-order valence-electron chi connectivity index (χ2n) is 4.21. The molecule has 2 unspecified atom stereocenters. The van der Waals surface area contributed by atoms with Crippen LogP contribution in [0.1, 0.15) is 31.9 Å². The molecule has 1 aliphatic heterocycles. The van der Waals surface area contributed by atoms with Gasteiger partial charge in [-0.2, -0.15) is 0 Å². The van der Waals surface area contributed by atoms with Crippen molar-refractivity contribution in [3.8, 4) is 0 Å². The van der Waals surface area contributed by atoms with Gasteiger partial charge in [0.1, 0.15) is 0 Å². The van der Waals surface area contributed by atoms with Gasteiger partial charge in [-0.05, 0) is 31.0 Å². The first kappa shape index (κ1) is 12.8. The average Bonchev–Trinajstić information content (AvgIpc) is 2.77. The van der Waals surface area contributed by atoms with Gasteiger partial charge in [0.25, 0.3) is 0 Å². The van der Waals surface area contributed by atoms with Gasteiger partial charge in [0.2, 0.25) is 0 Å².